The number of rotatable bonds is 3. The van der Waals surface area contributed by atoms with Gasteiger partial charge in [-0.25, -0.2) is 9.78 Å². The maximum absolute atomic E-state index is 12.0. The second-order valence-corrected chi connectivity index (χ2v) is 4.20. The van der Waals surface area contributed by atoms with Crippen molar-refractivity contribution in [3.05, 3.63) is 28.5 Å². The fourth-order valence-electron chi connectivity index (χ4n) is 2.00. The van der Waals surface area contributed by atoms with Gasteiger partial charge in [-0.2, -0.15) is 0 Å². The Morgan fingerprint density at radius 1 is 1.56 bits per heavy atom. The zero-order chi connectivity index (χ0) is 13.3. The van der Waals surface area contributed by atoms with E-state index in [-0.39, 0.29) is 12.5 Å². The molecule has 2 N–H and O–H groups in total. The number of fused-ring (bicyclic) bond motifs is 1. The number of hydrogen-bond donors (Lipinski definition) is 1. The van der Waals surface area contributed by atoms with Crippen molar-refractivity contribution in [1.82, 2.24) is 9.55 Å². The maximum Gasteiger partial charge on any atom is 0.340 e. The smallest absolute Gasteiger partial charge is 0.340 e. The van der Waals surface area contributed by atoms with Gasteiger partial charge in [-0.1, -0.05) is 11.6 Å². The predicted octanol–water partition coefficient (Wildman–Crippen LogP) is 1.86. The third kappa shape index (κ3) is 1.95. The Morgan fingerprint density at radius 3 is 2.89 bits per heavy atom. The van der Waals surface area contributed by atoms with Crippen LogP contribution in [0.4, 0.5) is 0 Å². The molecule has 96 valence electrons. The summed E-state index contributed by atoms with van der Waals surface area (Å²) < 4.78 is 6.82. The Hall–Kier alpha value is -1.59. The van der Waals surface area contributed by atoms with Gasteiger partial charge in [0.05, 0.1) is 12.2 Å². The van der Waals surface area contributed by atoms with Gasteiger partial charge in [-0.05, 0) is 19.1 Å². The molecule has 18 heavy (non-hydrogen) atoms. The third-order valence-electron chi connectivity index (χ3n) is 2.79. The molecule has 0 radical (unpaired) electrons. The lowest BCUT2D eigenvalue weighted by Crippen LogP contribution is -2.12. The molecule has 0 atom stereocenters. The minimum atomic E-state index is -0.382. The van der Waals surface area contributed by atoms with E-state index in [9.17, 15) is 4.79 Å². The number of halogens is 1. The number of pyridine rings is 1. The van der Waals surface area contributed by atoms with E-state index >= 15 is 0 Å². The Morgan fingerprint density at radius 2 is 2.28 bits per heavy atom. The molecule has 0 fully saturated rings. The molecule has 2 heterocycles. The number of aryl methyl sites for hydroxylation is 1. The highest BCUT2D eigenvalue weighted by molar-refractivity contribution is 6.29. The topological polar surface area (TPSA) is 70.1 Å². The minimum Gasteiger partial charge on any atom is -0.462 e. The minimum absolute atomic E-state index is 0.235. The molecule has 5 nitrogen and oxygen atoms in total. The van der Waals surface area contributed by atoms with Crippen LogP contribution in [-0.2, 0) is 18.3 Å². The summed E-state index contributed by atoms with van der Waals surface area (Å²) in [5.74, 6) is -0.382. The second kappa shape index (κ2) is 4.96. The van der Waals surface area contributed by atoms with E-state index < -0.39 is 0 Å². The first-order chi connectivity index (χ1) is 8.60. The standard InChI is InChI=1S/C12H14ClN3O2/c1-3-18-12(17)10-7-4-5-9(13)15-11(7)16(2)8(10)6-14/h4-5H,3,6,14H2,1-2H3. The van der Waals surface area contributed by atoms with E-state index in [4.69, 9.17) is 22.1 Å². The molecule has 2 aromatic rings. The monoisotopic (exact) mass is 267 g/mol. The van der Waals surface area contributed by atoms with Crippen LogP contribution in [0.15, 0.2) is 12.1 Å². The summed E-state index contributed by atoms with van der Waals surface area (Å²) in [6, 6.07) is 3.41. The van der Waals surface area contributed by atoms with Gasteiger partial charge in [-0.3, -0.25) is 0 Å². The van der Waals surface area contributed by atoms with Crippen molar-refractivity contribution in [2.75, 3.05) is 6.61 Å². The Balaban J connectivity index is 2.73. The number of hydrogen-bond acceptors (Lipinski definition) is 4. The Kier molecular flexibility index (Phi) is 3.54. The molecule has 2 aromatic heterocycles. The van der Waals surface area contributed by atoms with Crippen LogP contribution in [0.5, 0.6) is 0 Å². The second-order valence-electron chi connectivity index (χ2n) is 3.81. The molecule has 0 spiro atoms. The highest BCUT2D eigenvalue weighted by Gasteiger charge is 2.22. The highest BCUT2D eigenvalue weighted by atomic mass is 35.5. The van der Waals surface area contributed by atoms with Crippen molar-refractivity contribution in [1.29, 1.82) is 0 Å². The number of nitrogens with zero attached hydrogens (tertiary/aromatic N) is 2. The molecule has 0 amide bonds. The van der Waals surface area contributed by atoms with Crippen molar-refractivity contribution in [3.63, 3.8) is 0 Å². The predicted molar refractivity (Wildman–Crippen MR) is 69.6 cm³/mol. The van der Waals surface area contributed by atoms with Crippen LogP contribution in [0.1, 0.15) is 23.0 Å². The van der Waals surface area contributed by atoms with Gasteiger partial charge in [0.2, 0.25) is 0 Å². The largest absolute Gasteiger partial charge is 0.462 e. The first-order valence-corrected chi connectivity index (χ1v) is 5.99. The van der Waals surface area contributed by atoms with Gasteiger partial charge >= 0.3 is 5.97 Å². The lowest BCUT2D eigenvalue weighted by molar-refractivity contribution is 0.0527. The van der Waals surface area contributed by atoms with Crippen molar-refractivity contribution in [2.24, 2.45) is 12.8 Å². The van der Waals surface area contributed by atoms with Gasteiger partial charge < -0.3 is 15.0 Å². The number of ether oxygens (including phenoxy) is 1. The van der Waals surface area contributed by atoms with Crippen molar-refractivity contribution >= 4 is 28.6 Å². The van der Waals surface area contributed by atoms with E-state index in [1.54, 1.807) is 30.7 Å². The van der Waals surface area contributed by atoms with Gasteiger partial charge in [0.15, 0.2) is 0 Å². The lowest BCUT2D eigenvalue weighted by Gasteiger charge is -2.04. The SMILES string of the molecule is CCOC(=O)c1c(CN)n(C)c2nc(Cl)ccc12. The van der Waals surface area contributed by atoms with Crippen molar-refractivity contribution < 1.29 is 9.53 Å². The average molecular weight is 268 g/mol. The first-order valence-electron chi connectivity index (χ1n) is 5.61. The van der Waals surface area contributed by atoms with E-state index in [0.29, 0.717) is 34.1 Å². The normalized spacial score (nSPS) is 10.9. The molecule has 2 rings (SSSR count). The van der Waals surface area contributed by atoms with E-state index in [2.05, 4.69) is 4.98 Å². The van der Waals surface area contributed by atoms with Gasteiger partial charge in [0, 0.05) is 24.7 Å². The molecule has 6 heteroatoms. The molecule has 0 aliphatic carbocycles. The molecule has 0 aliphatic rings. The maximum atomic E-state index is 12.0. The Bertz CT molecular complexity index is 607. The summed E-state index contributed by atoms with van der Waals surface area (Å²) in [4.78, 5) is 16.2. The summed E-state index contributed by atoms with van der Waals surface area (Å²) in [5, 5.41) is 1.09. The van der Waals surface area contributed by atoms with Crippen LogP contribution < -0.4 is 5.73 Å². The van der Waals surface area contributed by atoms with Crippen LogP contribution in [0, 0.1) is 0 Å². The fourth-order valence-corrected chi connectivity index (χ4v) is 2.14. The lowest BCUT2D eigenvalue weighted by atomic mass is 10.1. The first kappa shape index (κ1) is 12.9. The molecule has 0 saturated heterocycles. The van der Waals surface area contributed by atoms with Crippen LogP contribution >= 0.6 is 11.6 Å². The zero-order valence-corrected chi connectivity index (χ0v) is 11.0. The fraction of sp³-hybridized carbons (Fsp3) is 0.333. The zero-order valence-electron chi connectivity index (χ0n) is 10.2. The molecule has 0 aromatic carbocycles. The molecular weight excluding hydrogens is 254 g/mol. The summed E-state index contributed by atoms with van der Waals surface area (Å²) in [5.41, 5.74) is 7.49. The summed E-state index contributed by atoms with van der Waals surface area (Å²) >= 11 is 5.86. The van der Waals surface area contributed by atoms with Crippen LogP contribution in [0.25, 0.3) is 11.0 Å². The van der Waals surface area contributed by atoms with Gasteiger partial charge in [-0.15, -0.1) is 0 Å². The van der Waals surface area contributed by atoms with Crippen molar-refractivity contribution in [3.8, 4) is 0 Å². The summed E-state index contributed by atoms with van der Waals surface area (Å²) in [6.07, 6.45) is 0. The number of carbonyl (C=O) groups excluding carboxylic acids is 1. The third-order valence-corrected chi connectivity index (χ3v) is 3.01. The number of carbonyl (C=O) groups is 1. The number of esters is 1. The molecule has 0 unspecified atom stereocenters. The summed E-state index contributed by atoms with van der Waals surface area (Å²) in [7, 11) is 1.80. The van der Waals surface area contributed by atoms with Gasteiger partial charge in [0.1, 0.15) is 10.8 Å². The van der Waals surface area contributed by atoms with Crippen LogP contribution in [0.3, 0.4) is 0 Å². The molecule has 0 bridgehead atoms. The average Bonchev–Trinajstić information content (AvgIpc) is 2.62. The van der Waals surface area contributed by atoms with E-state index in [1.165, 1.54) is 0 Å². The van der Waals surface area contributed by atoms with E-state index in [0.717, 1.165) is 0 Å². The molecular formula is C12H14ClN3O2. The Labute approximate surface area is 109 Å². The van der Waals surface area contributed by atoms with E-state index in [1.807, 2.05) is 0 Å². The van der Waals surface area contributed by atoms with Crippen LogP contribution in [0.2, 0.25) is 5.15 Å². The summed E-state index contributed by atoms with van der Waals surface area (Å²) in [6.45, 7) is 2.32. The molecule has 0 aliphatic heterocycles. The van der Waals surface area contributed by atoms with Gasteiger partial charge in [0.25, 0.3) is 0 Å². The van der Waals surface area contributed by atoms with Crippen molar-refractivity contribution in [2.45, 2.75) is 13.5 Å². The molecule has 0 saturated carbocycles. The highest BCUT2D eigenvalue weighted by Crippen LogP contribution is 2.26. The quantitative estimate of drug-likeness (QED) is 0.681. The number of nitrogens with two attached hydrogens (primary N) is 1. The van der Waals surface area contributed by atoms with Crippen LogP contribution in [-0.4, -0.2) is 22.1 Å². The number of aromatic nitrogens is 2.